The van der Waals surface area contributed by atoms with Crippen molar-refractivity contribution in [2.75, 3.05) is 19.8 Å². The third kappa shape index (κ3) is 41.7. The SMILES string of the molecule is CCCCCCCCCCCCCCCCCCCCCCC(=O)N[C@@H](COP(=O)(O)OCCN)[C@H](O)CCCCCCCCCCCCCCCCCCC. The van der Waals surface area contributed by atoms with E-state index in [1.807, 2.05) is 0 Å². The van der Waals surface area contributed by atoms with Crippen molar-refractivity contribution in [1.29, 1.82) is 0 Å². The second-order valence-electron chi connectivity index (χ2n) is 17.0. The van der Waals surface area contributed by atoms with Gasteiger partial charge in [0.15, 0.2) is 0 Å². The molecular weight excluding hydrogens is 719 g/mol. The second kappa shape index (κ2) is 44.1. The molecule has 0 aliphatic rings. The molecule has 9 heteroatoms. The number of carbonyl (C=O) groups excluding carboxylic acids is 1. The number of amides is 1. The molecule has 5 N–H and O–H groups in total. The first kappa shape index (κ1) is 55.5. The number of carbonyl (C=O) groups is 1. The fourth-order valence-corrected chi connectivity index (χ4v) is 8.49. The fraction of sp³-hybridized carbons (Fsp3) is 0.979. The van der Waals surface area contributed by atoms with Crippen molar-refractivity contribution < 1.29 is 28.4 Å². The van der Waals surface area contributed by atoms with E-state index in [1.165, 1.54) is 199 Å². The van der Waals surface area contributed by atoms with Gasteiger partial charge in [-0.1, -0.05) is 245 Å². The number of unbranched alkanes of at least 4 members (excludes halogenated alkanes) is 35. The standard InChI is InChI=1S/C47H97N2O6P/c1-3-5-7-9-11-13-15-17-19-21-22-23-25-27-29-31-33-35-37-39-41-47(51)49-45(44-55-56(52,53)54-43-42-48)46(50)40-38-36-34-32-30-28-26-24-20-18-16-14-12-10-8-6-4-2/h45-46,50H,3-44,48H2,1-2H3,(H,49,51)(H,52,53)/t45-,46+/m0/s1. The lowest BCUT2D eigenvalue weighted by atomic mass is 10.0. The van der Waals surface area contributed by atoms with Crippen LogP contribution in [0.1, 0.15) is 264 Å². The molecule has 3 atom stereocenters. The highest BCUT2D eigenvalue weighted by molar-refractivity contribution is 7.47. The summed E-state index contributed by atoms with van der Waals surface area (Å²) in [5, 5.41) is 13.9. The Morgan fingerprint density at radius 2 is 0.821 bits per heavy atom. The van der Waals surface area contributed by atoms with Gasteiger partial charge in [-0.2, -0.15) is 0 Å². The van der Waals surface area contributed by atoms with Crippen LogP contribution in [-0.2, 0) is 18.4 Å². The van der Waals surface area contributed by atoms with Crippen molar-refractivity contribution in [3.05, 3.63) is 0 Å². The average Bonchev–Trinajstić information content (AvgIpc) is 3.19. The number of aliphatic hydroxyl groups is 1. The molecule has 0 aromatic heterocycles. The first-order valence-corrected chi connectivity index (χ1v) is 26.1. The molecule has 0 radical (unpaired) electrons. The van der Waals surface area contributed by atoms with E-state index in [1.54, 1.807) is 0 Å². The average molecular weight is 817 g/mol. The van der Waals surface area contributed by atoms with Crippen LogP contribution in [0, 0.1) is 0 Å². The highest BCUT2D eigenvalue weighted by Crippen LogP contribution is 2.43. The van der Waals surface area contributed by atoms with Crippen molar-refractivity contribution in [2.24, 2.45) is 5.73 Å². The number of aliphatic hydroxyl groups excluding tert-OH is 1. The van der Waals surface area contributed by atoms with Crippen LogP contribution >= 0.6 is 7.82 Å². The van der Waals surface area contributed by atoms with E-state index in [0.717, 1.165) is 38.5 Å². The van der Waals surface area contributed by atoms with Crippen LogP contribution in [-0.4, -0.2) is 47.8 Å². The summed E-state index contributed by atoms with van der Waals surface area (Å²) in [5.41, 5.74) is 5.39. The zero-order valence-corrected chi connectivity index (χ0v) is 38.3. The number of hydrogen-bond acceptors (Lipinski definition) is 6. The van der Waals surface area contributed by atoms with Gasteiger partial charge >= 0.3 is 7.82 Å². The first-order chi connectivity index (χ1) is 27.4. The van der Waals surface area contributed by atoms with Gasteiger partial charge in [-0.05, 0) is 12.8 Å². The normalized spacial score (nSPS) is 13.9. The van der Waals surface area contributed by atoms with Crippen LogP contribution in [0.15, 0.2) is 0 Å². The van der Waals surface area contributed by atoms with Crippen LogP contribution < -0.4 is 11.1 Å². The summed E-state index contributed by atoms with van der Waals surface area (Å²) in [6.07, 6.45) is 48.3. The molecule has 1 unspecified atom stereocenters. The third-order valence-electron chi connectivity index (χ3n) is 11.5. The van der Waals surface area contributed by atoms with Gasteiger partial charge in [0.1, 0.15) is 0 Å². The number of rotatable bonds is 47. The Kier molecular flexibility index (Phi) is 43.7. The topological polar surface area (TPSA) is 131 Å². The highest BCUT2D eigenvalue weighted by Gasteiger charge is 2.27. The first-order valence-electron chi connectivity index (χ1n) is 24.7. The van der Waals surface area contributed by atoms with Crippen LogP contribution in [0.25, 0.3) is 0 Å². The molecule has 0 rings (SSSR count). The monoisotopic (exact) mass is 817 g/mol. The van der Waals surface area contributed by atoms with Gasteiger partial charge in [-0.3, -0.25) is 13.8 Å². The number of nitrogens with one attached hydrogen (secondary N) is 1. The lowest BCUT2D eigenvalue weighted by Crippen LogP contribution is -2.46. The minimum absolute atomic E-state index is 0.0927. The number of nitrogens with two attached hydrogens (primary N) is 1. The van der Waals surface area contributed by atoms with Crippen LogP contribution in [0.5, 0.6) is 0 Å². The van der Waals surface area contributed by atoms with E-state index in [-0.39, 0.29) is 25.7 Å². The number of phosphoric ester groups is 1. The minimum atomic E-state index is -4.31. The third-order valence-corrected chi connectivity index (χ3v) is 12.4. The van der Waals surface area contributed by atoms with E-state index >= 15 is 0 Å². The van der Waals surface area contributed by atoms with Gasteiger partial charge in [-0.25, -0.2) is 4.57 Å². The number of phosphoric acid groups is 1. The molecule has 0 spiro atoms. The quantitative estimate of drug-likeness (QED) is 0.0355. The molecule has 0 fully saturated rings. The second-order valence-corrected chi connectivity index (χ2v) is 18.5. The Bertz CT molecular complexity index is 849. The zero-order valence-electron chi connectivity index (χ0n) is 37.4. The van der Waals surface area contributed by atoms with Gasteiger partial charge in [0, 0.05) is 13.0 Å². The lowest BCUT2D eigenvalue weighted by molar-refractivity contribution is -0.123. The highest BCUT2D eigenvalue weighted by atomic mass is 31.2. The van der Waals surface area contributed by atoms with E-state index in [4.69, 9.17) is 14.8 Å². The van der Waals surface area contributed by atoms with E-state index in [9.17, 15) is 19.4 Å². The van der Waals surface area contributed by atoms with E-state index in [2.05, 4.69) is 19.2 Å². The predicted octanol–water partition coefficient (Wildman–Crippen LogP) is 14.2. The van der Waals surface area contributed by atoms with Crippen LogP contribution in [0.2, 0.25) is 0 Å². The van der Waals surface area contributed by atoms with Crippen molar-refractivity contribution in [2.45, 2.75) is 276 Å². The van der Waals surface area contributed by atoms with Gasteiger partial charge in [0.05, 0.1) is 25.4 Å². The minimum Gasteiger partial charge on any atom is -0.391 e. The Hall–Kier alpha value is -0.500. The van der Waals surface area contributed by atoms with Crippen LogP contribution in [0.3, 0.4) is 0 Å². The van der Waals surface area contributed by atoms with Crippen LogP contribution in [0.4, 0.5) is 0 Å². The Labute approximate surface area is 348 Å². The molecule has 336 valence electrons. The summed E-state index contributed by atoms with van der Waals surface area (Å²) < 4.78 is 22.3. The molecule has 1 amide bonds. The maximum atomic E-state index is 12.8. The summed E-state index contributed by atoms with van der Waals surface area (Å²) in [6.45, 7) is 4.26. The molecule has 0 aromatic rings. The zero-order chi connectivity index (χ0) is 41.1. The molecule has 0 saturated heterocycles. The molecule has 0 heterocycles. The van der Waals surface area contributed by atoms with Crippen molar-refractivity contribution >= 4 is 13.7 Å². The molecule has 0 saturated carbocycles. The summed E-state index contributed by atoms with van der Waals surface area (Å²) in [4.78, 5) is 22.8. The van der Waals surface area contributed by atoms with Gasteiger partial charge in [-0.15, -0.1) is 0 Å². The van der Waals surface area contributed by atoms with Gasteiger partial charge < -0.3 is 21.1 Å². The molecule has 0 bridgehead atoms. The maximum absolute atomic E-state index is 12.8. The largest absolute Gasteiger partial charge is 0.472 e. The Morgan fingerprint density at radius 1 is 0.518 bits per heavy atom. The molecule has 8 nitrogen and oxygen atoms in total. The summed E-state index contributed by atoms with van der Waals surface area (Å²) in [6, 6.07) is -0.768. The smallest absolute Gasteiger partial charge is 0.391 e. The fourth-order valence-electron chi connectivity index (χ4n) is 7.73. The van der Waals surface area contributed by atoms with E-state index < -0.39 is 20.0 Å². The predicted molar refractivity (Wildman–Crippen MR) is 240 cm³/mol. The Morgan fingerprint density at radius 3 is 1.14 bits per heavy atom. The van der Waals surface area contributed by atoms with E-state index in [0.29, 0.717) is 12.8 Å². The molecule has 0 aliphatic carbocycles. The lowest BCUT2D eigenvalue weighted by Gasteiger charge is -2.25. The molecule has 0 aromatic carbocycles. The molecule has 56 heavy (non-hydrogen) atoms. The molecular formula is C47H97N2O6P. The van der Waals surface area contributed by atoms with Crippen molar-refractivity contribution in [1.82, 2.24) is 5.32 Å². The van der Waals surface area contributed by atoms with Crippen molar-refractivity contribution in [3.63, 3.8) is 0 Å². The summed E-state index contributed by atoms with van der Waals surface area (Å²) in [5.74, 6) is -0.155. The van der Waals surface area contributed by atoms with Gasteiger partial charge in [0.2, 0.25) is 5.91 Å². The van der Waals surface area contributed by atoms with Crippen molar-refractivity contribution in [3.8, 4) is 0 Å². The Balaban J connectivity index is 4.03. The van der Waals surface area contributed by atoms with Gasteiger partial charge in [0.25, 0.3) is 0 Å². The summed E-state index contributed by atoms with van der Waals surface area (Å²) in [7, 11) is -4.31. The summed E-state index contributed by atoms with van der Waals surface area (Å²) >= 11 is 0. The maximum Gasteiger partial charge on any atom is 0.472 e. The molecule has 0 aliphatic heterocycles. The number of hydrogen-bond donors (Lipinski definition) is 4.